The number of nitrogens with one attached hydrogen (secondary N) is 1. The molecule has 2 N–H and O–H groups in total. The molecule has 104 valence electrons. The number of phenolic OH excluding ortho intramolecular Hbond substituents is 1. The molecule has 1 fully saturated rings. The number of alkyl halides is 1. The average molecular weight is 330 g/mol. The van der Waals surface area contributed by atoms with Gasteiger partial charge in [0.2, 0.25) is 0 Å². The predicted octanol–water partition coefficient (Wildman–Crippen LogP) is 3.36. The second kappa shape index (κ2) is 5.90. The summed E-state index contributed by atoms with van der Waals surface area (Å²) in [6.07, 6.45) is 5.12. The lowest BCUT2D eigenvalue weighted by Gasteiger charge is -2.36. The van der Waals surface area contributed by atoms with Gasteiger partial charge < -0.3 is 10.4 Å². The van der Waals surface area contributed by atoms with E-state index < -0.39 is 11.7 Å². The van der Waals surface area contributed by atoms with Crippen molar-refractivity contribution in [2.45, 2.75) is 37.6 Å². The predicted molar refractivity (Wildman–Crippen MR) is 75.1 cm³/mol. The van der Waals surface area contributed by atoms with E-state index in [1.54, 1.807) is 0 Å². The number of carbonyl (C=O) groups excluding carboxylic acids is 1. The lowest BCUT2D eigenvalue weighted by molar-refractivity contribution is 0.0883. The van der Waals surface area contributed by atoms with E-state index in [9.17, 15) is 14.3 Å². The molecule has 2 rings (SSSR count). The molecule has 0 aromatic heterocycles. The first-order valence-electron chi connectivity index (χ1n) is 6.43. The van der Waals surface area contributed by atoms with Crippen LogP contribution in [-0.4, -0.2) is 21.9 Å². The second-order valence-electron chi connectivity index (χ2n) is 5.09. The number of halogens is 2. The zero-order valence-electron chi connectivity index (χ0n) is 10.6. The van der Waals surface area contributed by atoms with E-state index in [1.165, 1.54) is 12.5 Å². The summed E-state index contributed by atoms with van der Waals surface area (Å²) in [5, 5.41) is 13.3. The van der Waals surface area contributed by atoms with Crippen molar-refractivity contribution in [2.24, 2.45) is 0 Å². The van der Waals surface area contributed by atoms with Crippen LogP contribution in [0.3, 0.4) is 0 Å². The summed E-state index contributed by atoms with van der Waals surface area (Å²) < 4.78 is 13.2. The molecule has 0 spiro atoms. The molecule has 0 bridgehead atoms. The second-order valence-corrected chi connectivity index (χ2v) is 5.65. The Morgan fingerprint density at radius 2 is 2.05 bits per heavy atom. The van der Waals surface area contributed by atoms with Crippen molar-refractivity contribution in [3.63, 3.8) is 0 Å². The van der Waals surface area contributed by atoms with E-state index in [4.69, 9.17) is 0 Å². The monoisotopic (exact) mass is 329 g/mol. The molecule has 1 aromatic carbocycles. The molecule has 1 saturated carbocycles. The number of aromatic hydroxyl groups is 1. The number of hydrogen-bond donors (Lipinski definition) is 2. The van der Waals surface area contributed by atoms with Crippen molar-refractivity contribution in [3.8, 4) is 5.75 Å². The van der Waals surface area contributed by atoms with Crippen molar-refractivity contribution < 1.29 is 14.3 Å². The molecule has 3 nitrogen and oxygen atoms in total. The Labute approximate surface area is 120 Å². The van der Waals surface area contributed by atoms with Gasteiger partial charge in [-0.2, -0.15) is 0 Å². The fourth-order valence-electron chi connectivity index (χ4n) is 2.52. The smallest absolute Gasteiger partial charge is 0.255 e. The summed E-state index contributed by atoms with van der Waals surface area (Å²) in [6, 6.07) is 3.40. The van der Waals surface area contributed by atoms with E-state index in [0.29, 0.717) is 5.33 Å². The molecule has 1 aliphatic carbocycles. The highest BCUT2D eigenvalue weighted by molar-refractivity contribution is 9.09. The van der Waals surface area contributed by atoms with Gasteiger partial charge in [-0.25, -0.2) is 4.39 Å². The summed E-state index contributed by atoms with van der Waals surface area (Å²) in [7, 11) is 0. The van der Waals surface area contributed by atoms with Crippen LogP contribution in [0.5, 0.6) is 5.75 Å². The van der Waals surface area contributed by atoms with Gasteiger partial charge in [0.1, 0.15) is 11.6 Å². The Morgan fingerprint density at radius 1 is 1.37 bits per heavy atom. The largest absolute Gasteiger partial charge is 0.507 e. The highest BCUT2D eigenvalue weighted by atomic mass is 79.9. The normalized spacial score (nSPS) is 18.0. The zero-order valence-corrected chi connectivity index (χ0v) is 12.2. The summed E-state index contributed by atoms with van der Waals surface area (Å²) in [6.45, 7) is 0. The van der Waals surface area contributed by atoms with Crippen LogP contribution < -0.4 is 5.32 Å². The van der Waals surface area contributed by atoms with Gasteiger partial charge in [-0.05, 0) is 31.0 Å². The minimum absolute atomic E-state index is 0.00843. The lowest BCUT2D eigenvalue weighted by atomic mass is 9.83. The van der Waals surface area contributed by atoms with Gasteiger partial charge >= 0.3 is 0 Å². The van der Waals surface area contributed by atoms with Crippen LogP contribution in [0.2, 0.25) is 0 Å². The van der Waals surface area contributed by atoms with E-state index in [0.717, 1.165) is 37.8 Å². The Hall–Kier alpha value is -1.10. The van der Waals surface area contributed by atoms with Crippen molar-refractivity contribution >= 4 is 21.8 Å². The molecule has 19 heavy (non-hydrogen) atoms. The highest BCUT2D eigenvalue weighted by Gasteiger charge is 2.33. The van der Waals surface area contributed by atoms with Gasteiger partial charge in [0.15, 0.2) is 0 Å². The molecule has 5 heteroatoms. The molecule has 0 saturated heterocycles. The van der Waals surface area contributed by atoms with Crippen molar-refractivity contribution in [1.29, 1.82) is 0 Å². The Morgan fingerprint density at radius 3 is 2.68 bits per heavy atom. The topological polar surface area (TPSA) is 49.3 Å². The Kier molecular flexibility index (Phi) is 4.45. The molecule has 0 atom stereocenters. The summed E-state index contributed by atoms with van der Waals surface area (Å²) in [5.74, 6) is -1.14. The first kappa shape index (κ1) is 14.3. The Balaban J connectivity index is 2.17. The van der Waals surface area contributed by atoms with E-state index in [1.807, 2.05) is 0 Å². The van der Waals surface area contributed by atoms with E-state index >= 15 is 0 Å². The van der Waals surface area contributed by atoms with Crippen LogP contribution in [0.1, 0.15) is 42.5 Å². The molecule has 0 radical (unpaired) electrons. The standard InChI is InChI=1S/C14H17BrFNO2/c15-9-14(6-2-1-3-7-14)17-13(19)11-8-10(16)4-5-12(11)18/h4-5,8,18H,1-3,6-7,9H2,(H,17,19). The zero-order chi connectivity index (χ0) is 13.9. The van der Waals surface area contributed by atoms with Gasteiger partial charge in [-0.1, -0.05) is 35.2 Å². The molecular weight excluding hydrogens is 313 g/mol. The van der Waals surface area contributed by atoms with Crippen LogP contribution in [0.4, 0.5) is 4.39 Å². The molecule has 1 aliphatic rings. The first-order valence-corrected chi connectivity index (χ1v) is 7.55. The number of amides is 1. The minimum atomic E-state index is -0.528. The highest BCUT2D eigenvalue weighted by Crippen LogP contribution is 2.30. The van der Waals surface area contributed by atoms with E-state index in [-0.39, 0.29) is 16.9 Å². The third kappa shape index (κ3) is 3.26. The van der Waals surface area contributed by atoms with Gasteiger partial charge in [0, 0.05) is 5.33 Å². The molecular formula is C14H17BrFNO2. The summed E-state index contributed by atoms with van der Waals surface area (Å²) in [4.78, 5) is 12.2. The first-order chi connectivity index (χ1) is 9.06. The molecule has 0 aliphatic heterocycles. The molecule has 0 unspecified atom stereocenters. The van der Waals surface area contributed by atoms with Crippen molar-refractivity contribution in [2.75, 3.05) is 5.33 Å². The molecule has 0 heterocycles. The fourth-order valence-corrected chi connectivity index (χ4v) is 3.22. The third-order valence-corrected chi connectivity index (χ3v) is 4.72. The van der Waals surface area contributed by atoms with Gasteiger partial charge in [-0.15, -0.1) is 0 Å². The van der Waals surface area contributed by atoms with Crippen LogP contribution in [0, 0.1) is 5.82 Å². The lowest BCUT2D eigenvalue weighted by Crippen LogP contribution is -2.51. The minimum Gasteiger partial charge on any atom is -0.507 e. The van der Waals surface area contributed by atoms with Crippen molar-refractivity contribution in [1.82, 2.24) is 5.32 Å². The van der Waals surface area contributed by atoms with Crippen LogP contribution in [0.15, 0.2) is 18.2 Å². The van der Waals surface area contributed by atoms with Gasteiger partial charge in [-0.3, -0.25) is 4.79 Å². The maximum Gasteiger partial charge on any atom is 0.255 e. The van der Waals surface area contributed by atoms with Crippen molar-refractivity contribution in [3.05, 3.63) is 29.6 Å². The maximum atomic E-state index is 13.2. The number of carbonyl (C=O) groups is 1. The number of hydrogen-bond acceptors (Lipinski definition) is 2. The Bertz CT molecular complexity index is 473. The number of phenols is 1. The number of rotatable bonds is 3. The summed E-state index contributed by atoms with van der Waals surface area (Å²) >= 11 is 3.45. The third-order valence-electron chi connectivity index (χ3n) is 3.65. The molecule has 1 aromatic rings. The quantitative estimate of drug-likeness (QED) is 0.835. The van der Waals surface area contributed by atoms with Crippen LogP contribution in [0.25, 0.3) is 0 Å². The molecule has 1 amide bonds. The van der Waals surface area contributed by atoms with Crippen LogP contribution in [-0.2, 0) is 0 Å². The summed E-state index contributed by atoms with van der Waals surface area (Å²) in [5.41, 5.74) is -0.292. The van der Waals surface area contributed by atoms with Crippen LogP contribution >= 0.6 is 15.9 Å². The van der Waals surface area contributed by atoms with Gasteiger partial charge in [0.05, 0.1) is 11.1 Å². The fraction of sp³-hybridized carbons (Fsp3) is 0.500. The van der Waals surface area contributed by atoms with Gasteiger partial charge in [0.25, 0.3) is 5.91 Å². The van der Waals surface area contributed by atoms with E-state index in [2.05, 4.69) is 21.2 Å². The number of benzene rings is 1. The SMILES string of the molecule is O=C(NC1(CBr)CCCCC1)c1cc(F)ccc1O. The maximum absolute atomic E-state index is 13.2. The average Bonchev–Trinajstić information content (AvgIpc) is 2.42.